The van der Waals surface area contributed by atoms with Gasteiger partial charge in [-0.2, -0.15) is 4.99 Å². The highest BCUT2D eigenvalue weighted by atomic mass is 16.3. The molecule has 1 rings (SSSR count). The molecule has 41 valence electrons. The van der Waals surface area contributed by atoms with Crippen LogP contribution in [0.15, 0.2) is 4.99 Å². The van der Waals surface area contributed by atoms with E-state index in [4.69, 9.17) is 5.11 Å². The molecule has 0 aromatic heterocycles. The fourth-order valence-electron chi connectivity index (χ4n) is 0.368. The second kappa shape index (κ2) is 1.40. The molecule has 0 unspecified atom stereocenters. The molecule has 1 heterocycles. The smallest absolute Gasteiger partial charge is 0.261 e. The molecule has 0 bridgehead atoms. The number of aliphatic hydroxyl groups is 1. The molecule has 0 aliphatic carbocycles. The van der Waals surface area contributed by atoms with Crippen molar-refractivity contribution < 1.29 is 14.7 Å². The second-order valence-electron chi connectivity index (χ2n) is 1.28. The van der Waals surface area contributed by atoms with Crippen molar-refractivity contribution in [3.05, 3.63) is 6.42 Å². The van der Waals surface area contributed by atoms with Gasteiger partial charge in [-0.05, 0) is 0 Å². The average molecular weight is 112 g/mol. The average Bonchev–Trinajstić information content (AvgIpc) is 1.85. The molecule has 4 heteroatoms. The topological polar surface area (TPSA) is 66.7 Å². The molecule has 8 heavy (non-hydrogen) atoms. The maximum absolute atomic E-state index is 10.1. The molecule has 1 amide bonds. The van der Waals surface area contributed by atoms with Gasteiger partial charge in [0.1, 0.15) is 6.42 Å². The Morgan fingerprint density at radius 1 is 1.50 bits per heavy atom. The highest BCUT2D eigenvalue weighted by Gasteiger charge is 2.23. The number of hydrogen-bond donors (Lipinski definition) is 1. The van der Waals surface area contributed by atoms with Crippen molar-refractivity contribution in [2.24, 2.45) is 4.99 Å². The molecule has 1 radical (unpaired) electrons. The van der Waals surface area contributed by atoms with Gasteiger partial charge in [0.05, 0.1) is 0 Å². The molecular weight excluding hydrogens is 110 g/mol. The maximum atomic E-state index is 10.1. The molecule has 0 saturated heterocycles. The predicted octanol–water partition coefficient (Wildman–Crippen LogP) is -0.744. The first-order valence-corrected chi connectivity index (χ1v) is 1.91. The Hall–Kier alpha value is -1.19. The van der Waals surface area contributed by atoms with Crippen LogP contribution < -0.4 is 0 Å². The molecule has 0 saturated carbocycles. The molecule has 1 aliphatic rings. The summed E-state index contributed by atoms with van der Waals surface area (Å²) in [6.45, 7) is 0. The molecule has 0 atom stereocenters. The number of rotatable bonds is 0. The van der Waals surface area contributed by atoms with E-state index in [1.54, 1.807) is 0 Å². The van der Waals surface area contributed by atoms with E-state index in [0.29, 0.717) is 0 Å². The monoisotopic (exact) mass is 112 g/mol. The van der Waals surface area contributed by atoms with E-state index in [1.807, 2.05) is 0 Å². The van der Waals surface area contributed by atoms with Crippen LogP contribution in [0, 0.1) is 6.42 Å². The predicted molar refractivity (Wildman–Crippen MR) is 24.4 cm³/mol. The van der Waals surface area contributed by atoms with Gasteiger partial charge in [-0.3, -0.25) is 9.59 Å². The molecule has 1 N–H and O–H groups in total. The molecular formula is C4H2NO3. The Morgan fingerprint density at radius 3 is 2.25 bits per heavy atom. The van der Waals surface area contributed by atoms with Crippen LogP contribution >= 0.6 is 0 Å². The molecule has 1 aliphatic heterocycles. The van der Waals surface area contributed by atoms with Gasteiger partial charge in [0, 0.05) is 0 Å². The van der Waals surface area contributed by atoms with E-state index in [1.165, 1.54) is 0 Å². The largest absolute Gasteiger partial charge is 0.491 e. The van der Waals surface area contributed by atoms with Crippen LogP contribution in [0.25, 0.3) is 0 Å². The number of aliphatic imine (C=N–C) groups is 1. The van der Waals surface area contributed by atoms with Gasteiger partial charge < -0.3 is 5.11 Å². The molecule has 0 aromatic carbocycles. The van der Waals surface area contributed by atoms with Crippen LogP contribution in [0.5, 0.6) is 0 Å². The number of nitrogens with zero attached hydrogens (tertiary/aromatic N) is 1. The fourth-order valence-corrected chi connectivity index (χ4v) is 0.368. The van der Waals surface area contributed by atoms with E-state index in [-0.39, 0.29) is 0 Å². The van der Waals surface area contributed by atoms with Crippen molar-refractivity contribution in [3.8, 4) is 0 Å². The van der Waals surface area contributed by atoms with Crippen LogP contribution in [0.3, 0.4) is 0 Å². The van der Waals surface area contributed by atoms with Gasteiger partial charge in [-0.15, -0.1) is 0 Å². The second-order valence-corrected chi connectivity index (χ2v) is 1.28. The summed E-state index contributed by atoms with van der Waals surface area (Å²) in [7, 11) is 0. The number of aliphatic hydroxyl groups excluding tert-OH is 1. The SMILES string of the molecule is O=C1[CH]C(=O)C(O)=N1. The lowest BCUT2D eigenvalue weighted by atomic mass is 10.3. The van der Waals surface area contributed by atoms with Crippen LogP contribution in [0.1, 0.15) is 0 Å². The van der Waals surface area contributed by atoms with E-state index in [2.05, 4.69) is 4.99 Å². The zero-order valence-corrected chi connectivity index (χ0v) is 3.79. The van der Waals surface area contributed by atoms with Gasteiger partial charge >= 0.3 is 0 Å². The maximum Gasteiger partial charge on any atom is 0.261 e. The number of carbonyl (C=O) groups excluding carboxylic acids is 2. The van der Waals surface area contributed by atoms with Crippen molar-refractivity contribution in [1.29, 1.82) is 0 Å². The van der Waals surface area contributed by atoms with E-state index in [9.17, 15) is 9.59 Å². The normalized spacial score (nSPS) is 19.2. The van der Waals surface area contributed by atoms with Gasteiger partial charge in [0.25, 0.3) is 11.8 Å². The third-order valence-electron chi connectivity index (χ3n) is 0.691. The Balaban J connectivity index is 2.88. The van der Waals surface area contributed by atoms with Crippen molar-refractivity contribution in [1.82, 2.24) is 0 Å². The lowest BCUT2D eigenvalue weighted by Crippen LogP contribution is -2.06. The van der Waals surface area contributed by atoms with Crippen molar-refractivity contribution in [3.63, 3.8) is 0 Å². The summed E-state index contributed by atoms with van der Waals surface area (Å²) in [5.74, 6) is -2.11. The van der Waals surface area contributed by atoms with Crippen LogP contribution in [-0.4, -0.2) is 22.7 Å². The van der Waals surface area contributed by atoms with Gasteiger partial charge in [-0.25, -0.2) is 0 Å². The zero-order valence-electron chi connectivity index (χ0n) is 3.79. The quantitative estimate of drug-likeness (QED) is 0.448. The number of carbonyl (C=O) groups is 2. The fraction of sp³-hybridized carbons (Fsp3) is 0. The summed E-state index contributed by atoms with van der Waals surface area (Å²) in [4.78, 5) is 23.1. The van der Waals surface area contributed by atoms with Crippen LogP contribution in [0.2, 0.25) is 0 Å². The Kier molecular flexibility index (Phi) is 0.865. The summed E-state index contributed by atoms with van der Waals surface area (Å²) in [6.07, 6.45) is 0.731. The van der Waals surface area contributed by atoms with Crippen molar-refractivity contribution >= 4 is 17.6 Å². The zero-order chi connectivity index (χ0) is 6.15. The highest BCUT2D eigenvalue weighted by Crippen LogP contribution is 1.96. The first-order valence-electron chi connectivity index (χ1n) is 1.91. The minimum atomic E-state index is -0.713. The lowest BCUT2D eigenvalue weighted by Gasteiger charge is -1.75. The van der Waals surface area contributed by atoms with E-state index in [0.717, 1.165) is 6.42 Å². The summed E-state index contributed by atoms with van der Waals surface area (Å²) in [5.41, 5.74) is 0. The van der Waals surface area contributed by atoms with Crippen molar-refractivity contribution in [2.45, 2.75) is 0 Å². The molecule has 0 spiro atoms. The Bertz CT molecular complexity index is 182. The standard InChI is InChI=1S/C4H2NO3/c6-2-1-3(7)5-4(2)8/h1H,(H,5,7,8). The first-order chi connectivity index (χ1) is 3.70. The number of amides is 1. The summed E-state index contributed by atoms with van der Waals surface area (Å²) in [6, 6.07) is 0. The third-order valence-corrected chi connectivity index (χ3v) is 0.691. The van der Waals surface area contributed by atoms with Gasteiger partial charge in [-0.1, -0.05) is 0 Å². The minimum Gasteiger partial charge on any atom is -0.491 e. The Morgan fingerprint density at radius 2 is 2.12 bits per heavy atom. The van der Waals surface area contributed by atoms with Crippen molar-refractivity contribution in [2.75, 3.05) is 0 Å². The molecule has 0 fully saturated rings. The summed E-state index contributed by atoms with van der Waals surface area (Å²) >= 11 is 0. The molecule has 0 aromatic rings. The Labute approximate surface area is 44.8 Å². The van der Waals surface area contributed by atoms with Gasteiger partial charge in [0.2, 0.25) is 5.78 Å². The lowest BCUT2D eigenvalue weighted by molar-refractivity contribution is -0.117. The number of Topliss-reactive ketones (excluding diaryl/α,β-unsaturated/α-hetero) is 1. The highest BCUT2D eigenvalue weighted by molar-refractivity contribution is 6.49. The molecule has 4 nitrogen and oxygen atoms in total. The van der Waals surface area contributed by atoms with E-state index < -0.39 is 17.6 Å². The summed E-state index contributed by atoms with van der Waals surface area (Å²) < 4.78 is 0. The number of ketones is 1. The van der Waals surface area contributed by atoms with Gasteiger partial charge in [0.15, 0.2) is 0 Å². The first kappa shape index (κ1) is 4.96. The third kappa shape index (κ3) is 0.598. The van der Waals surface area contributed by atoms with E-state index >= 15 is 0 Å². The van der Waals surface area contributed by atoms with Crippen LogP contribution in [0.4, 0.5) is 0 Å². The number of hydrogen-bond acceptors (Lipinski definition) is 2. The summed E-state index contributed by atoms with van der Waals surface area (Å²) in [5, 5.41) is 8.32. The minimum absolute atomic E-state index is 0.687. The van der Waals surface area contributed by atoms with Crippen LogP contribution in [-0.2, 0) is 9.59 Å².